The Labute approximate surface area is 184 Å². The fourth-order valence-electron chi connectivity index (χ4n) is 3.70. The minimum Gasteiger partial charge on any atom is -0.426 e. The molecule has 0 fully saturated rings. The van der Waals surface area contributed by atoms with E-state index in [1.165, 1.54) is 0 Å². The predicted octanol–water partition coefficient (Wildman–Crippen LogP) is 6.08. The van der Waals surface area contributed by atoms with Crippen molar-refractivity contribution in [2.24, 2.45) is 5.92 Å². The molecule has 1 unspecified atom stereocenters. The molecule has 0 heterocycles. The summed E-state index contributed by atoms with van der Waals surface area (Å²) >= 11 is 0. The number of hydrogen-bond acceptors (Lipinski definition) is 4. The van der Waals surface area contributed by atoms with Crippen molar-refractivity contribution in [3.05, 3.63) is 41.5 Å². The van der Waals surface area contributed by atoms with Crippen LogP contribution in [0.1, 0.15) is 91.2 Å². The monoisotopic (exact) mass is 417 g/mol. The van der Waals surface area contributed by atoms with Gasteiger partial charge in [-0.25, -0.2) is 0 Å². The van der Waals surface area contributed by atoms with E-state index in [1.807, 2.05) is 32.0 Å². The molecule has 1 atom stereocenters. The number of nitrogens with zero attached hydrogens (tertiary/aromatic N) is 1. The summed E-state index contributed by atoms with van der Waals surface area (Å²) in [4.78, 5) is 14.8. The highest BCUT2D eigenvalue weighted by Gasteiger charge is 2.22. The number of carbonyl (C=O) groups is 1. The van der Waals surface area contributed by atoms with Crippen LogP contribution in [0.3, 0.4) is 0 Å². The van der Waals surface area contributed by atoms with Crippen LogP contribution in [0, 0.1) is 5.92 Å². The highest BCUT2D eigenvalue weighted by Crippen LogP contribution is 2.34. The van der Waals surface area contributed by atoms with Crippen molar-refractivity contribution in [3.63, 3.8) is 0 Å². The number of rotatable bonds is 13. The molecule has 30 heavy (non-hydrogen) atoms. The lowest BCUT2D eigenvalue weighted by atomic mass is 9.89. The third-order valence-electron chi connectivity index (χ3n) is 5.48. The van der Waals surface area contributed by atoms with Crippen molar-refractivity contribution in [2.75, 3.05) is 6.54 Å². The van der Waals surface area contributed by atoms with Crippen molar-refractivity contribution < 1.29 is 14.6 Å². The van der Waals surface area contributed by atoms with Gasteiger partial charge in [-0.15, -0.1) is 0 Å². The summed E-state index contributed by atoms with van der Waals surface area (Å²) in [7, 11) is 0. The van der Waals surface area contributed by atoms with Gasteiger partial charge in [-0.2, -0.15) is 0 Å². The maximum atomic E-state index is 12.3. The Hall–Kier alpha value is -1.65. The summed E-state index contributed by atoms with van der Waals surface area (Å²) in [6, 6.07) is 6.64. The summed E-state index contributed by atoms with van der Waals surface area (Å²) in [5.41, 5.74) is 1.87. The Bertz CT molecular complexity index is 656. The Morgan fingerprint density at radius 2 is 1.77 bits per heavy atom. The maximum absolute atomic E-state index is 12.3. The Morgan fingerprint density at radius 1 is 1.10 bits per heavy atom. The molecule has 4 heteroatoms. The smallest absolute Gasteiger partial charge is 0.313 e. The highest BCUT2D eigenvalue weighted by molar-refractivity contribution is 5.74. The van der Waals surface area contributed by atoms with E-state index >= 15 is 0 Å². The molecule has 0 aliphatic heterocycles. The number of ether oxygens (including phenoxy) is 1. The van der Waals surface area contributed by atoms with Gasteiger partial charge >= 0.3 is 5.97 Å². The second-order valence-electron chi connectivity index (χ2n) is 9.01. The van der Waals surface area contributed by atoms with Crippen LogP contribution in [0.5, 0.6) is 5.75 Å². The molecular formula is C26H43NO3. The molecule has 170 valence electrons. The molecule has 0 aliphatic rings. The van der Waals surface area contributed by atoms with Crippen LogP contribution >= 0.6 is 0 Å². The van der Waals surface area contributed by atoms with E-state index in [-0.39, 0.29) is 24.4 Å². The minimum atomic E-state index is -0.223. The molecule has 0 aromatic heterocycles. The molecule has 0 bridgehead atoms. The molecule has 0 amide bonds. The van der Waals surface area contributed by atoms with Crippen molar-refractivity contribution in [2.45, 2.75) is 98.8 Å². The lowest BCUT2D eigenvalue weighted by molar-refractivity contribution is -0.137. The first-order valence-electron chi connectivity index (χ1n) is 11.6. The third kappa shape index (κ3) is 8.61. The zero-order valence-electron chi connectivity index (χ0n) is 20.1. The van der Waals surface area contributed by atoms with E-state index in [1.54, 1.807) is 0 Å². The normalized spacial score (nSPS) is 13.2. The molecule has 0 saturated heterocycles. The van der Waals surface area contributed by atoms with Gasteiger partial charge in [-0.1, -0.05) is 45.4 Å². The SMILES string of the molecule is CCCC=CCC(CCN(C(C)C)C(C)C)c1cc(CO)ccc1OC(=O)C(C)C. The van der Waals surface area contributed by atoms with Crippen LogP contribution in [0.4, 0.5) is 0 Å². The van der Waals surface area contributed by atoms with Crippen LogP contribution in [0.15, 0.2) is 30.4 Å². The van der Waals surface area contributed by atoms with Crippen molar-refractivity contribution >= 4 is 5.97 Å². The van der Waals surface area contributed by atoms with Crippen molar-refractivity contribution in [3.8, 4) is 5.75 Å². The average molecular weight is 418 g/mol. The van der Waals surface area contributed by atoms with Crippen molar-refractivity contribution in [1.82, 2.24) is 4.90 Å². The molecule has 4 nitrogen and oxygen atoms in total. The van der Waals surface area contributed by atoms with Gasteiger partial charge in [0.15, 0.2) is 0 Å². The number of unbranched alkanes of at least 4 members (excludes halogenated alkanes) is 1. The highest BCUT2D eigenvalue weighted by atomic mass is 16.5. The molecule has 1 N–H and O–H groups in total. The van der Waals surface area contributed by atoms with E-state index in [4.69, 9.17) is 4.74 Å². The molecule has 0 aliphatic carbocycles. The van der Waals surface area contributed by atoms with E-state index in [2.05, 4.69) is 51.7 Å². The first-order valence-corrected chi connectivity index (χ1v) is 11.6. The number of aliphatic hydroxyl groups is 1. The van der Waals surface area contributed by atoms with Crippen LogP contribution < -0.4 is 4.74 Å². The maximum Gasteiger partial charge on any atom is 0.313 e. The summed E-state index contributed by atoms with van der Waals surface area (Å²) in [5, 5.41) is 9.68. The average Bonchev–Trinajstić information content (AvgIpc) is 2.69. The van der Waals surface area contributed by atoms with Crippen LogP contribution in [0.25, 0.3) is 0 Å². The van der Waals surface area contributed by atoms with E-state index in [0.29, 0.717) is 17.8 Å². The van der Waals surface area contributed by atoms with Gasteiger partial charge in [0, 0.05) is 12.1 Å². The Balaban J connectivity index is 3.23. The number of allylic oxidation sites excluding steroid dienone is 2. The van der Waals surface area contributed by atoms with Crippen molar-refractivity contribution in [1.29, 1.82) is 0 Å². The fourth-order valence-corrected chi connectivity index (χ4v) is 3.70. The number of aliphatic hydroxyl groups excluding tert-OH is 1. The number of carbonyl (C=O) groups excluding carboxylic acids is 1. The van der Waals surface area contributed by atoms with Gasteiger partial charge < -0.3 is 9.84 Å². The standard InChI is InChI=1S/C26H43NO3/c1-8-9-10-11-12-23(15-16-27(20(4)5)21(6)7)24-17-22(18-28)13-14-25(24)30-26(29)19(2)3/h10-11,13-14,17,19-21,23,28H,8-9,12,15-16,18H2,1-7H3. The zero-order valence-corrected chi connectivity index (χ0v) is 20.1. The molecule has 0 radical (unpaired) electrons. The summed E-state index contributed by atoms with van der Waals surface area (Å²) < 4.78 is 5.76. The number of esters is 1. The van der Waals surface area contributed by atoms with E-state index in [0.717, 1.165) is 43.4 Å². The first-order chi connectivity index (χ1) is 14.2. The second-order valence-corrected chi connectivity index (χ2v) is 9.01. The molecule has 1 aromatic carbocycles. The quantitative estimate of drug-likeness (QED) is 0.240. The van der Waals surface area contributed by atoms with Crippen LogP contribution in [0.2, 0.25) is 0 Å². The first kappa shape index (κ1) is 26.4. The van der Waals surface area contributed by atoms with Gasteiger partial charge in [0.2, 0.25) is 0 Å². The number of hydrogen-bond donors (Lipinski definition) is 1. The summed E-state index contributed by atoms with van der Waals surface area (Å²) in [5.74, 6) is 0.440. The molecule has 1 aromatic rings. The molecule has 1 rings (SSSR count). The Morgan fingerprint density at radius 3 is 2.30 bits per heavy atom. The van der Waals surface area contributed by atoms with E-state index in [9.17, 15) is 9.90 Å². The topological polar surface area (TPSA) is 49.8 Å². The van der Waals surface area contributed by atoms with Crippen LogP contribution in [-0.2, 0) is 11.4 Å². The van der Waals surface area contributed by atoms with Gasteiger partial charge in [0.1, 0.15) is 5.75 Å². The lowest BCUT2D eigenvalue weighted by Crippen LogP contribution is -2.38. The molecule has 0 spiro atoms. The zero-order chi connectivity index (χ0) is 22.7. The van der Waals surface area contributed by atoms with Gasteiger partial charge in [0.05, 0.1) is 12.5 Å². The van der Waals surface area contributed by atoms with Gasteiger partial charge in [-0.3, -0.25) is 9.69 Å². The minimum absolute atomic E-state index is 0.0199. The number of benzene rings is 1. The van der Waals surface area contributed by atoms with Gasteiger partial charge in [0.25, 0.3) is 0 Å². The lowest BCUT2D eigenvalue weighted by Gasteiger charge is -2.32. The molecular weight excluding hydrogens is 374 g/mol. The van der Waals surface area contributed by atoms with Crippen LogP contribution in [-0.4, -0.2) is 34.6 Å². The summed E-state index contributed by atoms with van der Waals surface area (Å²) in [6.07, 6.45) is 8.56. The largest absolute Gasteiger partial charge is 0.426 e. The predicted molar refractivity (Wildman–Crippen MR) is 126 cm³/mol. The second kappa shape index (κ2) is 13.6. The van der Waals surface area contributed by atoms with Gasteiger partial charge in [-0.05, 0) is 82.7 Å². The summed E-state index contributed by atoms with van der Waals surface area (Å²) in [6.45, 7) is 15.8. The molecule has 0 saturated carbocycles. The third-order valence-corrected chi connectivity index (χ3v) is 5.48. The Kier molecular flexibility index (Phi) is 12.0. The van der Waals surface area contributed by atoms with E-state index < -0.39 is 0 Å². The fraction of sp³-hybridized carbons (Fsp3) is 0.654.